The van der Waals surface area contributed by atoms with Crippen molar-refractivity contribution in [3.63, 3.8) is 0 Å². The number of hydrogen-bond acceptors (Lipinski definition) is 1. The van der Waals surface area contributed by atoms with Crippen LogP contribution in [0.15, 0.2) is 102 Å². The van der Waals surface area contributed by atoms with Gasteiger partial charge in [-0.05, 0) is 41.1 Å². The van der Waals surface area contributed by atoms with E-state index in [-0.39, 0.29) is 6.04 Å². The standard InChI is InChI=1S/C25H27ClNOPSi/c1-5-24(30(2,3)4)25(22-18-12-13-19-23(22)26)27-29(28,20-14-8-6-9-15-20)21-16-10-7-11-17-21/h6-19,25H,1H2,2-4H3,(H,27,28). The minimum atomic E-state index is -3.18. The van der Waals surface area contributed by atoms with Crippen LogP contribution in [0.25, 0.3) is 0 Å². The molecule has 1 unspecified atom stereocenters. The lowest BCUT2D eigenvalue weighted by atomic mass is 10.1. The van der Waals surface area contributed by atoms with E-state index in [1.807, 2.05) is 84.9 Å². The molecule has 2 nitrogen and oxygen atoms in total. The Morgan fingerprint density at radius 3 is 1.80 bits per heavy atom. The number of halogens is 1. The highest BCUT2D eigenvalue weighted by Gasteiger charge is 2.36. The Hall–Kier alpha value is -2.12. The van der Waals surface area contributed by atoms with Gasteiger partial charge in [-0.25, -0.2) is 5.09 Å². The Morgan fingerprint density at radius 1 is 0.900 bits per heavy atom. The average molecular weight is 452 g/mol. The first kappa shape index (κ1) is 22.6. The van der Waals surface area contributed by atoms with Gasteiger partial charge >= 0.3 is 0 Å². The van der Waals surface area contributed by atoms with E-state index in [9.17, 15) is 4.57 Å². The molecule has 0 fully saturated rings. The van der Waals surface area contributed by atoms with Gasteiger partial charge in [0.25, 0.3) is 0 Å². The zero-order valence-corrected chi connectivity index (χ0v) is 20.3. The molecule has 3 rings (SSSR count). The molecule has 3 aromatic rings. The van der Waals surface area contributed by atoms with Crippen molar-refractivity contribution in [2.45, 2.75) is 25.7 Å². The largest absolute Gasteiger partial charge is 0.296 e. The summed E-state index contributed by atoms with van der Waals surface area (Å²) in [4.78, 5) is 0. The van der Waals surface area contributed by atoms with Crippen molar-refractivity contribution < 1.29 is 4.57 Å². The molecule has 0 heterocycles. The number of benzene rings is 3. The molecular weight excluding hydrogens is 425 g/mol. The van der Waals surface area contributed by atoms with Crippen molar-refractivity contribution in [1.29, 1.82) is 0 Å². The second kappa shape index (κ2) is 9.35. The molecule has 0 saturated heterocycles. The molecule has 0 radical (unpaired) electrons. The molecule has 1 atom stereocenters. The van der Waals surface area contributed by atoms with Gasteiger partial charge in [0.05, 0.1) is 14.1 Å². The minimum absolute atomic E-state index is 0.353. The summed E-state index contributed by atoms with van der Waals surface area (Å²) < 4.78 is 14.7. The first-order chi connectivity index (χ1) is 14.3. The van der Waals surface area contributed by atoms with Gasteiger partial charge in [-0.15, -0.1) is 5.73 Å². The van der Waals surface area contributed by atoms with E-state index in [0.29, 0.717) is 5.02 Å². The molecule has 0 saturated carbocycles. The fraction of sp³-hybridized carbons (Fsp3) is 0.160. The van der Waals surface area contributed by atoms with E-state index in [0.717, 1.165) is 21.4 Å². The van der Waals surface area contributed by atoms with Crippen LogP contribution >= 0.6 is 18.9 Å². The molecule has 5 heteroatoms. The first-order valence-electron chi connectivity index (χ1n) is 9.91. The van der Waals surface area contributed by atoms with Crippen molar-refractivity contribution in [2.24, 2.45) is 0 Å². The minimum Gasteiger partial charge on any atom is -0.296 e. The molecule has 0 aliphatic heterocycles. The molecule has 30 heavy (non-hydrogen) atoms. The van der Waals surface area contributed by atoms with Crippen LogP contribution in [0.1, 0.15) is 11.6 Å². The maximum atomic E-state index is 14.7. The monoisotopic (exact) mass is 451 g/mol. The van der Waals surface area contributed by atoms with E-state index < -0.39 is 15.4 Å². The fourth-order valence-corrected chi connectivity index (χ4v) is 7.96. The maximum absolute atomic E-state index is 14.7. The van der Waals surface area contributed by atoms with Gasteiger partial charge in [-0.1, -0.05) is 92.4 Å². The average Bonchev–Trinajstić information content (AvgIpc) is 2.74. The molecule has 154 valence electrons. The van der Waals surface area contributed by atoms with Gasteiger partial charge in [-0.3, -0.25) is 4.57 Å². The van der Waals surface area contributed by atoms with E-state index in [1.165, 1.54) is 0 Å². The molecule has 0 bridgehead atoms. The summed E-state index contributed by atoms with van der Waals surface area (Å²) in [5.41, 5.74) is 4.07. The van der Waals surface area contributed by atoms with Crippen LogP contribution in [0.5, 0.6) is 0 Å². The molecule has 0 amide bonds. The van der Waals surface area contributed by atoms with Crippen LogP contribution in [0.2, 0.25) is 24.7 Å². The molecule has 0 aliphatic rings. The summed E-state index contributed by atoms with van der Waals surface area (Å²) in [7, 11) is -5.03. The van der Waals surface area contributed by atoms with E-state index in [2.05, 4.69) is 37.0 Å². The van der Waals surface area contributed by atoms with Gasteiger partial charge in [0.15, 0.2) is 0 Å². The highest BCUT2D eigenvalue weighted by atomic mass is 35.5. The number of hydrogen-bond donors (Lipinski definition) is 1. The van der Waals surface area contributed by atoms with Crippen molar-refractivity contribution >= 4 is 37.6 Å². The van der Waals surface area contributed by atoms with Crippen molar-refractivity contribution in [2.75, 3.05) is 0 Å². The highest BCUT2D eigenvalue weighted by Crippen LogP contribution is 2.45. The van der Waals surface area contributed by atoms with Crippen LogP contribution < -0.4 is 15.7 Å². The van der Waals surface area contributed by atoms with E-state index in [4.69, 9.17) is 11.6 Å². The smallest absolute Gasteiger partial charge is 0.205 e. The summed E-state index contributed by atoms with van der Waals surface area (Å²) in [5.74, 6) is 0. The molecule has 0 spiro atoms. The SMILES string of the molecule is C=C=C(C(NP(=O)(c1ccccc1)c1ccccc1)c1ccccc1Cl)[Si](C)(C)C. The van der Waals surface area contributed by atoms with Crippen molar-refractivity contribution in [3.05, 3.63) is 113 Å². The van der Waals surface area contributed by atoms with Crippen molar-refractivity contribution in [1.82, 2.24) is 5.09 Å². The Bertz CT molecular complexity index is 1060. The lowest BCUT2D eigenvalue weighted by Crippen LogP contribution is -2.37. The highest BCUT2D eigenvalue weighted by molar-refractivity contribution is 7.76. The number of nitrogens with one attached hydrogen (secondary N) is 1. The van der Waals surface area contributed by atoms with Crippen molar-refractivity contribution in [3.8, 4) is 0 Å². The third-order valence-corrected chi connectivity index (χ3v) is 10.2. The van der Waals surface area contributed by atoms with Gasteiger partial charge < -0.3 is 0 Å². The Balaban J connectivity index is 2.23. The predicted molar refractivity (Wildman–Crippen MR) is 133 cm³/mol. The Labute approximate surface area is 185 Å². The topological polar surface area (TPSA) is 29.1 Å². The number of rotatable bonds is 7. The third-order valence-electron chi connectivity index (χ3n) is 5.05. The van der Waals surface area contributed by atoms with E-state index in [1.54, 1.807) is 0 Å². The van der Waals surface area contributed by atoms with Crippen LogP contribution in [-0.2, 0) is 4.57 Å². The van der Waals surface area contributed by atoms with Gasteiger partial charge in [0, 0.05) is 15.6 Å². The Morgan fingerprint density at radius 2 is 1.37 bits per heavy atom. The summed E-state index contributed by atoms with van der Waals surface area (Å²) >= 11 is 6.62. The van der Waals surface area contributed by atoms with Gasteiger partial charge in [-0.2, -0.15) is 0 Å². The van der Waals surface area contributed by atoms with Gasteiger partial charge in [0.1, 0.15) is 0 Å². The molecule has 1 N–H and O–H groups in total. The molecule has 0 aliphatic carbocycles. The van der Waals surface area contributed by atoms with Crippen LogP contribution in [0, 0.1) is 0 Å². The zero-order chi connectivity index (χ0) is 21.8. The Kier molecular flexibility index (Phi) is 7.03. The lowest BCUT2D eigenvalue weighted by molar-refractivity contribution is 0.572. The normalized spacial score (nSPS) is 12.8. The lowest BCUT2D eigenvalue weighted by Gasteiger charge is -2.33. The summed E-state index contributed by atoms with van der Waals surface area (Å²) in [5, 5.41) is 6.73. The van der Waals surface area contributed by atoms with Crippen LogP contribution in [0.4, 0.5) is 0 Å². The fourth-order valence-electron chi connectivity index (χ4n) is 3.55. The second-order valence-electron chi connectivity index (χ2n) is 8.20. The third kappa shape index (κ3) is 4.78. The molecule has 0 aromatic heterocycles. The zero-order valence-electron chi connectivity index (χ0n) is 17.6. The quantitative estimate of drug-likeness (QED) is 0.253. The van der Waals surface area contributed by atoms with E-state index >= 15 is 0 Å². The summed E-state index contributed by atoms with van der Waals surface area (Å²) in [6.45, 7) is 10.7. The molecular formula is C25H27ClNOPSi. The second-order valence-corrected chi connectivity index (χ2v) is 16.2. The first-order valence-corrected chi connectivity index (χ1v) is 15.5. The van der Waals surface area contributed by atoms with Crippen LogP contribution in [-0.4, -0.2) is 8.07 Å². The maximum Gasteiger partial charge on any atom is 0.205 e. The summed E-state index contributed by atoms with van der Waals surface area (Å²) in [6.07, 6.45) is 0. The molecule has 3 aromatic carbocycles. The van der Waals surface area contributed by atoms with Crippen LogP contribution in [0.3, 0.4) is 0 Å². The summed E-state index contributed by atoms with van der Waals surface area (Å²) in [6, 6.07) is 26.5. The predicted octanol–water partition coefficient (Wildman–Crippen LogP) is 6.49. The van der Waals surface area contributed by atoms with Gasteiger partial charge in [0.2, 0.25) is 7.29 Å².